The third-order valence-electron chi connectivity index (χ3n) is 6.77. The molecular weight excluding hydrogens is 1020 g/mol. The SMILES string of the molecule is CC(C)(C)C(=O)CC(=O)C(F)(F)C(F)(F)C(F)(F)F.CC(C)(C)C(=O)CC(=O)C(F)(F)C(F)(F)C(F)(F)F.CC(C)(C)C(=O)CC(=O)C(F)(F)C(F)(F)C(F)(F)F.[Ho]. The summed E-state index contributed by atoms with van der Waals surface area (Å²) < 4.78 is 258. The van der Waals surface area contributed by atoms with Gasteiger partial charge in [-0.2, -0.15) is 92.2 Å². The second-order valence-electron chi connectivity index (χ2n) is 14.8. The van der Waals surface area contributed by atoms with E-state index in [1.807, 2.05) is 0 Å². The molecule has 0 saturated heterocycles. The average Bonchev–Trinajstić information content (AvgIpc) is 2.93. The van der Waals surface area contributed by atoms with Gasteiger partial charge in [0.2, 0.25) is 17.3 Å². The van der Waals surface area contributed by atoms with E-state index in [1.54, 1.807) is 0 Å². The number of Topliss-reactive ketones (excluding diaryl/α,β-unsaturated/α-hetero) is 6. The molecule has 6 nitrogen and oxygen atoms in total. The Bertz CT molecular complexity index is 1310. The maximum absolute atomic E-state index is 12.9. The quantitative estimate of drug-likeness (QED) is 0.110. The zero-order valence-corrected chi connectivity index (χ0v) is 32.7. The molecule has 1 radical (unpaired) electrons. The van der Waals surface area contributed by atoms with Gasteiger partial charge in [0.1, 0.15) is 17.3 Å². The first-order valence-electron chi connectivity index (χ1n) is 14.8. The molecule has 58 heavy (non-hydrogen) atoms. The molecule has 0 heterocycles. The van der Waals surface area contributed by atoms with E-state index in [4.69, 9.17) is 0 Å². The molecule has 347 valence electrons. The van der Waals surface area contributed by atoms with Gasteiger partial charge in [0.15, 0.2) is 0 Å². The van der Waals surface area contributed by atoms with Gasteiger partial charge in [-0.05, 0) is 0 Å². The molecular formula is C30H33F21HoO6. The number of hydrogen-bond acceptors (Lipinski definition) is 6. The van der Waals surface area contributed by atoms with E-state index in [9.17, 15) is 121 Å². The van der Waals surface area contributed by atoms with Crippen LogP contribution in [0.1, 0.15) is 81.6 Å². The van der Waals surface area contributed by atoms with Gasteiger partial charge in [-0.15, -0.1) is 0 Å². The van der Waals surface area contributed by atoms with Gasteiger partial charge in [0, 0.05) is 54.0 Å². The monoisotopic (exact) mass is 1050 g/mol. The Labute approximate surface area is 344 Å². The van der Waals surface area contributed by atoms with Crippen molar-refractivity contribution in [2.24, 2.45) is 16.2 Å². The van der Waals surface area contributed by atoms with E-state index in [2.05, 4.69) is 0 Å². The first-order chi connectivity index (χ1) is 24.1. The van der Waals surface area contributed by atoms with Crippen LogP contribution in [0.5, 0.6) is 0 Å². The van der Waals surface area contributed by atoms with E-state index in [0.717, 1.165) is 0 Å². The van der Waals surface area contributed by atoms with E-state index >= 15 is 0 Å². The molecule has 0 N–H and O–H groups in total. The smallest absolute Gasteiger partial charge is 0.299 e. The number of alkyl halides is 21. The molecule has 0 saturated carbocycles. The molecule has 0 fully saturated rings. The zero-order valence-electron chi connectivity index (χ0n) is 30.8. The summed E-state index contributed by atoms with van der Waals surface area (Å²) in [6.07, 6.45) is -24.8. The van der Waals surface area contributed by atoms with Crippen molar-refractivity contribution in [3.05, 3.63) is 0 Å². The number of carbonyl (C=O) groups is 6. The Morgan fingerprint density at radius 3 is 0.483 bits per heavy atom. The number of carbonyl (C=O) groups excluding carboxylic acids is 6. The maximum atomic E-state index is 12.9. The number of ketones is 6. The molecule has 0 aliphatic carbocycles. The molecule has 0 bridgehead atoms. The fourth-order valence-electron chi connectivity index (χ4n) is 2.63. The van der Waals surface area contributed by atoms with Crippen LogP contribution in [0.3, 0.4) is 0 Å². The summed E-state index contributed by atoms with van der Waals surface area (Å²) in [5.74, 6) is -49.2. The van der Waals surface area contributed by atoms with Gasteiger partial charge in [0.05, 0.1) is 19.3 Å². The molecule has 0 aromatic heterocycles. The van der Waals surface area contributed by atoms with Crippen LogP contribution >= 0.6 is 0 Å². The minimum absolute atomic E-state index is 0. The van der Waals surface area contributed by atoms with Crippen LogP contribution in [0.25, 0.3) is 0 Å². The molecule has 0 aromatic rings. The first-order valence-corrected chi connectivity index (χ1v) is 14.8. The van der Waals surface area contributed by atoms with Crippen molar-refractivity contribution in [1.29, 1.82) is 0 Å². The third kappa shape index (κ3) is 15.1. The van der Waals surface area contributed by atoms with E-state index in [0.29, 0.717) is 0 Å². The minimum atomic E-state index is -6.59. The van der Waals surface area contributed by atoms with Crippen LogP contribution in [-0.2, 0) is 28.8 Å². The number of rotatable bonds is 12. The van der Waals surface area contributed by atoms with Crippen LogP contribution in [-0.4, -0.2) is 88.8 Å². The molecule has 0 unspecified atom stereocenters. The normalized spacial score (nSPS) is 14.2. The number of hydrogen-bond donors (Lipinski definition) is 0. The van der Waals surface area contributed by atoms with Crippen molar-refractivity contribution < 1.29 is 159 Å². The Morgan fingerprint density at radius 1 is 0.276 bits per heavy atom. The Kier molecular flexibility index (Phi) is 20.7. The topological polar surface area (TPSA) is 102 Å². The van der Waals surface area contributed by atoms with Gasteiger partial charge in [-0.1, -0.05) is 62.3 Å². The van der Waals surface area contributed by atoms with Gasteiger partial charge < -0.3 is 0 Å². The second-order valence-corrected chi connectivity index (χ2v) is 14.8. The van der Waals surface area contributed by atoms with E-state index < -0.39 is 124 Å². The van der Waals surface area contributed by atoms with Crippen molar-refractivity contribution >= 4 is 34.7 Å². The molecule has 0 atom stereocenters. The fourth-order valence-corrected chi connectivity index (χ4v) is 2.63. The molecule has 0 aromatic carbocycles. The third-order valence-corrected chi connectivity index (χ3v) is 6.77. The Morgan fingerprint density at radius 2 is 0.397 bits per heavy atom. The summed E-state index contributed by atoms with van der Waals surface area (Å²) in [6, 6.07) is 0. The Hall–Kier alpha value is -2.19. The molecule has 0 spiro atoms. The second kappa shape index (κ2) is 19.2. The minimum Gasteiger partial charge on any atom is -0.299 e. The van der Waals surface area contributed by atoms with Gasteiger partial charge in [0.25, 0.3) is 0 Å². The standard InChI is InChI=1S/3C10H11F7O2.Ho/c3*1-7(2,3)5(18)4-6(19)8(11,12)9(13,14)10(15,16)17;/h3*4H2,1-3H3;. The molecule has 0 amide bonds. The predicted octanol–water partition coefficient (Wildman–Crippen LogP) is 10.2. The summed E-state index contributed by atoms with van der Waals surface area (Å²) in [6.45, 7) is 10.9. The number of halogens is 21. The summed E-state index contributed by atoms with van der Waals surface area (Å²) >= 11 is 0. The predicted molar refractivity (Wildman–Crippen MR) is 150 cm³/mol. The van der Waals surface area contributed by atoms with E-state index in [1.165, 1.54) is 62.3 Å². The Balaban J connectivity index is -0.000000374. The molecule has 0 aliphatic rings. The first kappa shape index (κ1) is 62.5. The van der Waals surface area contributed by atoms with Gasteiger partial charge >= 0.3 is 54.1 Å². The summed E-state index contributed by atoms with van der Waals surface area (Å²) in [5, 5.41) is 0. The van der Waals surface area contributed by atoms with Gasteiger partial charge in [-0.25, -0.2) is 0 Å². The summed E-state index contributed by atoms with van der Waals surface area (Å²) in [5.41, 5.74) is -3.92. The fraction of sp³-hybridized carbons (Fsp3) is 0.800. The summed E-state index contributed by atoms with van der Waals surface area (Å²) in [4.78, 5) is 66.2. The van der Waals surface area contributed by atoms with Crippen molar-refractivity contribution in [3.63, 3.8) is 0 Å². The van der Waals surface area contributed by atoms with Crippen molar-refractivity contribution in [2.75, 3.05) is 0 Å². The molecule has 28 heteroatoms. The van der Waals surface area contributed by atoms with Crippen LogP contribution in [0.2, 0.25) is 0 Å². The maximum Gasteiger partial charge on any atom is 0.460 e. The van der Waals surface area contributed by atoms with Crippen LogP contribution in [0, 0.1) is 54.0 Å². The zero-order chi connectivity index (χ0) is 47.6. The van der Waals surface area contributed by atoms with Crippen LogP contribution in [0.15, 0.2) is 0 Å². The van der Waals surface area contributed by atoms with Crippen molar-refractivity contribution in [3.8, 4) is 0 Å². The largest absolute Gasteiger partial charge is 0.460 e. The molecule has 0 rings (SSSR count). The molecule has 0 aliphatic heterocycles. The average molecular weight is 1050 g/mol. The summed E-state index contributed by atoms with van der Waals surface area (Å²) in [7, 11) is 0. The van der Waals surface area contributed by atoms with Crippen molar-refractivity contribution in [2.45, 2.75) is 136 Å². The van der Waals surface area contributed by atoms with Crippen molar-refractivity contribution in [1.82, 2.24) is 0 Å². The van der Waals surface area contributed by atoms with Crippen LogP contribution in [0.4, 0.5) is 92.2 Å². The van der Waals surface area contributed by atoms with Gasteiger partial charge in [-0.3, -0.25) is 28.8 Å². The van der Waals surface area contributed by atoms with E-state index in [-0.39, 0.29) is 37.7 Å². The van der Waals surface area contributed by atoms with Crippen LogP contribution < -0.4 is 0 Å².